The Bertz CT molecular complexity index is 1340. The molecule has 3 N–H and O–H groups in total. The van der Waals surface area contributed by atoms with Crippen LogP contribution in [-0.2, 0) is 4.79 Å². The minimum absolute atomic E-state index is 0.0237. The van der Waals surface area contributed by atoms with Crippen molar-refractivity contribution in [1.82, 2.24) is 30.1 Å². The zero-order chi connectivity index (χ0) is 20.5. The van der Waals surface area contributed by atoms with E-state index in [0.717, 1.165) is 51.1 Å². The Morgan fingerprint density at radius 1 is 1.13 bits per heavy atom. The average molecular weight is 397 g/mol. The molecule has 148 valence electrons. The third-order valence-corrected chi connectivity index (χ3v) is 4.85. The van der Waals surface area contributed by atoms with Crippen molar-refractivity contribution in [2.45, 2.75) is 19.8 Å². The van der Waals surface area contributed by atoms with Crippen molar-refractivity contribution in [1.29, 1.82) is 0 Å². The van der Waals surface area contributed by atoms with E-state index in [1.165, 1.54) is 0 Å². The van der Waals surface area contributed by atoms with Gasteiger partial charge in [0.25, 0.3) is 0 Å². The van der Waals surface area contributed by atoms with Crippen LogP contribution >= 0.6 is 0 Å². The minimum atomic E-state index is -0.0237. The third-order valence-electron chi connectivity index (χ3n) is 4.85. The van der Waals surface area contributed by atoms with Crippen LogP contribution in [0.15, 0.2) is 55.0 Å². The number of hydrogen-bond acceptors (Lipinski definition) is 5. The second-order valence-electron chi connectivity index (χ2n) is 7.04. The van der Waals surface area contributed by atoms with E-state index in [2.05, 4.69) is 30.5 Å². The lowest BCUT2D eigenvalue weighted by molar-refractivity contribution is -0.116. The Kier molecular flexibility index (Phi) is 4.44. The van der Waals surface area contributed by atoms with E-state index < -0.39 is 0 Å². The summed E-state index contributed by atoms with van der Waals surface area (Å²) in [6.07, 6.45) is 6.40. The largest absolute Gasteiger partial charge is 0.352 e. The van der Waals surface area contributed by atoms with Gasteiger partial charge in [0.05, 0.1) is 39.8 Å². The molecule has 5 aromatic heterocycles. The molecular weight excluding hydrogens is 378 g/mol. The second-order valence-corrected chi connectivity index (χ2v) is 7.04. The number of nitrogens with zero attached hydrogens (tertiary/aromatic N) is 4. The molecule has 0 radical (unpaired) electrons. The number of carbonyl (C=O) groups excluding carboxylic acids is 1. The molecule has 5 rings (SSSR count). The van der Waals surface area contributed by atoms with Gasteiger partial charge in [-0.05, 0) is 42.8 Å². The van der Waals surface area contributed by atoms with Crippen molar-refractivity contribution in [2.75, 3.05) is 5.32 Å². The molecule has 5 aromatic rings. The summed E-state index contributed by atoms with van der Waals surface area (Å²) in [7, 11) is 0. The van der Waals surface area contributed by atoms with E-state index in [1.807, 2.05) is 43.3 Å². The van der Waals surface area contributed by atoms with E-state index in [-0.39, 0.29) is 5.91 Å². The van der Waals surface area contributed by atoms with Crippen LogP contribution in [0.4, 0.5) is 5.69 Å². The summed E-state index contributed by atoms with van der Waals surface area (Å²) in [5.74, 6) is -0.0237. The molecule has 0 aliphatic rings. The Balaban J connectivity index is 1.54. The number of nitrogens with one attached hydrogen (secondary N) is 3. The van der Waals surface area contributed by atoms with Gasteiger partial charge >= 0.3 is 0 Å². The van der Waals surface area contributed by atoms with Crippen LogP contribution in [0.5, 0.6) is 0 Å². The number of aromatic nitrogens is 6. The maximum atomic E-state index is 11.9. The summed E-state index contributed by atoms with van der Waals surface area (Å²) < 4.78 is 0. The number of fused-ring (bicyclic) bond motifs is 2. The highest BCUT2D eigenvalue weighted by Crippen LogP contribution is 2.29. The lowest BCUT2D eigenvalue weighted by Crippen LogP contribution is -2.10. The van der Waals surface area contributed by atoms with E-state index in [0.29, 0.717) is 12.1 Å². The van der Waals surface area contributed by atoms with Crippen LogP contribution in [0.3, 0.4) is 0 Å². The van der Waals surface area contributed by atoms with Crippen molar-refractivity contribution >= 4 is 33.7 Å². The maximum absolute atomic E-state index is 11.9. The predicted octanol–water partition coefficient (Wildman–Crippen LogP) is 4.30. The predicted molar refractivity (Wildman–Crippen MR) is 116 cm³/mol. The van der Waals surface area contributed by atoms with Crippen molar-refractivity contribution < 1.29 is 4.79 Å². The first-order chi connectivity index (χ1) is 14.7. The van der Waals surface area contributed by atoms with Gasteiger partial charge in [0, 0.05) is 24.4 Å². The monoisotopic (exact) mass is 397 g/mol. The molecule has 0 aliphatic heterocycles. The van der Waals surface area contributed by atoms with Crippen molar-refractivity contribution in [2.24, 2.45) is 0 Å². The van der Waals surface area contributed by atoms with Gasteiger partial charge in [-0.25, -0.2) is 4.98 Å². The molecule has 30 heavy (non-hydrogen) atoms. The zero-order valence-corrected chi connectivity index (χ0v) is 16.3. The number of H-pyrrole nitrogens is 2. The molecule has 0 unspecified atom stereocenters. The minimum Gasteiger partial charge on any atom is -0.352 e. The lowest BCUT2D eigenvalue weighted by atomic mass is 10.1. The summed E-state index contributed by atoms with van der Waals surface area (Å²) in [5, 5.41) is 10.4. The number of carbonyl (C=O) groups is 1. The van der Waals surface area contributed by atoms with Gasteiger partial charge in [-0.3, -0.25) is 19.9 Å². The summed E-state index contributed by atoms with van der Waals surface area (Å²) in [4.78, 5) is 28.7. The van der Waals surface area contributed by atoms with Crippen molar-refractivity contribution in [3.05, 3.63) is 55.0 Å². The number of amides is 1. The Hall–Kier alpha value is -4.07. The van der Waals surface area contributed by atoms with Crippen LogP contribution in [0, 0.1) is 0 Å². The molecule has 0 atom stereocenters. The SMILES string of the molecule is CCCC(=O)Nc1cncc(-c2ccc3[nH]nc(-c4cc5ncccc5[nH]4)c3n2)c1. The highest BCUT2D eigenvalue weighted by Gasteiger charge is 2.14. The van der Waals surface area contributed by atoms with Gasteiger partial charge in [-0.2, -0.15) is 5.10 Å². The quantitative estimate of drug-likeness (QED) is 0.409. The smallest absolute Gasteiger partial charge is 0.224 e. The fourth-order valence-electron chi connectivity index (χ4n) is 3.43. The molecular formula is C22H19N7O. The standard InChI is InChI=1S/C22H19N7O/c1-2-4-20(30)25-14-9-13(11-23-12-14)15-6-7-17-21(27-15)22(29-28-17)19-10-18-16(26-19)5-3-8-24-18/h3,5-12,26H,2,4H2,1H3,(H,25,30)(H,28,29). The zero-order valence-electron chi connectivity index (χ0n) is 16.3. The van der Waals surface area contributed by atoms with Gasteiger partial charge in [-0.15, -0.1) is 0 Å². The highest BCUT2D eigenvalue weighted by atomic mass is 16.1. The molecule has 0 fully saturated rings. The molecule has 8 heteroatoms. The van der Waals surface area contributed by atoms with Crippen molar-refractivity contribution in [3.63, 3.8) is 0 Å². The number of aromatic amines is 2. The summed E-state index contributed by atoms with van der Waals surface area (Å²) in [6, 6.07) is 11.6. The Morgan fingerprint density at radius 3 is 2.93 bits per heavy atom. The van der Waals surface area contributed by atoms with Crippen molar-refractivity contribution in [3.8, 4) is 22.6 Å². The Labute approximate surface area is 171 Å². The van der Waals surface area contributed by atoms with Crippen LogP contribution in [0.2, 0.25) is 0 Å². The normalized spacial score (nSPS) is 11.2. The number of pyridine rings is 3. The molecule has 0 aliphatic carbocycles. The number of hydrogen-bond donors (Lipinski definition) is 3. The van der Waals surface area contributed by atoms with Crippen LogP contribution in [0.25, 0.3) is 44.7 Å². The molecule has 0 saturated carbocycles. The molecule has 0 bridgehead atoms. The van der Waals surface area contributed by atoms with Gasteiger partial charge < -0.3 is 10.3 Å². The summed E-state index contributed by atoms with van der Waals surface area (Å²) >= 11 is 0. The van der Waals surface area contributed by atoms with E-state index in [1.54, 1.807) is 18.6 Å². The number of rotatable bonds is 5. The van der Waals surface area contributed by atoms with Gasteiger partial charge in [-0.1, -0.05) is 6.92 Å². The van der Waals surface area contributed by atoms with Gasteiger partial charge in [0.2, 0.25) is 5.91 Å². The first-order valence-corrected chi connectivity index (χ1v) is 9.76. The Morgan fingerprint density at radius 2 is 2.07 bits per heavy atom. The van der Waals surface area contributed by atoms with E-state index in [9.17, 15) is 4.79 Å². The molecule has 0 spiro atoms. The first kappa shape index (κ1) is 18.0. The first-order valence-electron chi connectivity index (χ1n) is 9.76. The van der Waals surface area contributed by atoms with Gasteiger partial charge in [0.1, 0.15) is 11.2 Å². The number of anilines is 1. The van der Waals surface area contributed by atoms with Crippen LogP contribution in [-0.4, -0.2) is 36.0 Å². The lowest BCUT2D eigenvalue weighted by Gasteiger charge is -2.06. The van der Waals surface area contributed by atoms with Crippen LogP contribution in [0.1, 0.15) is 19.8 Å². The summed E-state index contributed by atoms with van der Waals surface area (Å²) in [6.45, 7) is 1.97. The molecule has 8 nitrogen and oxygen atoms in total. The van der Waals surface area contributed by atoms with Crippen LogP contribution < -0.4 is 5.32 Å². The fourth-order valence-corrected chi connectivity index (χ4v) is 3.43. The molecule has 0 saturated heterocycles. The third kappa shape index (κ3) is 3.28. The molecule has 5 heterocycles. The van der Waals surface area contributed by atoms with E-state index >= 15 is 0 Å². The van der Waals surface area contributed by atoms with E-state index in [4.69, 9.17) is 4.98 Å². The second kappa shape index (κ2) is 7.40. The average Bonchev–Trinajstić information content (AvgIpc) is 3.37. The topological polar surface area (TPSA) is 112 Å². The fraction of sp³-hybridized carbons (Fsp3) is 0.136. The maximum Gasteiger partial charge on any atom is 0.224 e. The summed E-state index contributed by atoms with van der Waals surface area (Å²) in [5.41, 5.74) is 7.19. The highest BCUT2D eigenvalue weighted by molar-refractivity contribution is 5.94. The molecule has 0 aromatic carbocycles. The molecule has 1 amide bonds. The van der Waals surface area contributed by atoms with Gasteiger partial charge in [0.15, 0.2) is 0 Å².